The van der Waals surface area contributed by atoms with Crippen LogP contribution in [0.4, 0.5) is 13.2 Å². The van der Waals surface area contributed by atoms with Crippen molar-refractivity contribution in [1.29, 1.82) is 0 Å². The van der Waals surface area contributed by atoms with Gasteiger partial charge in [0.2, 0.25) is 0 Å². The van der Waals surface area contributed by atoms with E-state index in [0.717, 1.165) is 36.2 Å². The maximum Gasteiger partial charge on any atom is 0.417 e. The maximum absolute atomic E-state index is 13.2. The van der Waals surface area contributed by atoms with Crippen LogP contribution in [0.1, 0.15) is 30.9 Å². The summed E-state index contributed by atoms with van der Waals surface area (Å²) >= 11 is -1.40. The molecule has 0 aliphatic heterocycles. The Hall–Kier alpha value is -2.89. The van der Waals surface area contributed by atoms with E-state index in [2.05, 4.69) is 9.97 Å². The van der Waals surface area contributed by atoms with E-state index in [1.54, 1.807) is 30.2 Å². The van der Waals surface area contributed by atoms with Gasteiger partial charge in [-0.1, -0.05) is 18.2 Å². The van der Waals surface area contributed by atoms with Crippen LogP contribution in [0.15, 0.2) is 41.6 Å². The van der Waals surface area contributed by atoms with Gasteiger partial charge in [-0.3, -0.25) is 4.57 Å². The van der Waals surface area contributed by atoms with Crippen molar-refractivity contribution in [2.24, 2.45) is 19.8 Å². The van der Waals surface area contributed by atoms with Gasteiger partial charge in [-0.15, -0.1) is 0 Å². The van der Waals surface area contributed by atoms with Crippen LogP contribution in [0.5, 0.6) is 0 Å². The minimum atomic E-state index is -4.53. The number of aromatic nitrogens is 5. The van der Waals surface area contributed by atoms with Gasteiger partial charge >= 0.3 is 6.18 Å². The fraction of sp³-hybridized carbons (Fsp3) is 0.348. The zero-order chi connectivity index (χ0) is 24.4. The van der Waals surface area contributed by atoms with Crippen molar-refractivity contribution in [2.45, 2.75) is 36.5 Å². The highest BCUT2D eigenvalue weighted by molar-refractivity contribution is 7.91. The summed E-state index contributed by atoms with van der Waals surface area (Å²) in [6.45, 7) is 1.80. The summed E-state index contributed by atoms with van der Waals surface area (Å²) < 4.78 is 56.0. The number of fused-ring (bicyclic) bond motifs is 1. The third-order valence-electron chi connectivity index (χ3n) is 6.25. The first kappa shape index (κ1) is 22.9. The molecule has 3 heterocycles. The van der Waals surface area contributed by atoms with Crippen LogP contribution in [0.25, 0.3) is 34.1 Å². The first-order chi connectivity index (χ1) is 16.0. The second kappa shape index (κ2) is 7.82. The largest absolute Gasteiger partial charge is 0.610 e. The Morgan fingerprint density at radius 1 is 1.12 bits per heavy atom. The molecule has 3 aromatic heterocycles. The molecule has 0 saturated heterocycles. The Morgan fingerprint density at radius 2 is 1.85 bits per heavy atom. The number of hydrogen-bond acceptors (Lipinski definition) is 5. The van der Waals surface area contributed by atoms with E-state index >= 15 is 0 Å². The van der Waals surface area contributed by atoms with E-state index in [0.29, 0.717) is 28.1 Å². The normalized spacial score (nSPS) is 16.2. The predicted octanol–water partition coefficient (Wildman–Crippen LogP) is 4.13. The molecular formula is C23H23F3N6OS. The smallest absolute Gasteiger partial charge is 0.417 e. The molecule has 1 aromatic carbocycles. The average Bonchev–Trinajstić information content (AvgIpc) is 3.35. The lowest BCUT2D eigenvalue weighted by Gasteiger charge is -2.12. The maximum atomic E-state index is 13.2. The first-order valence-electron chi connectivity index (χ1n) is 10.8. The predicted molar refractivity (Wildman–Crippen MR) is 123 cm³/mol. The zero-order valence-electron chi connectivity index (χ0n) is 18.8. The Kier molecular flexibility index (Phi) is 5.26. The number of nitrogens with two attached hydrogens (primary N) is 1. The van der Waals surface area contributed by atoms with Crippen LogP contribution in [0.3, 0.4) is 0 Å². The molecule has 1 unspecified atom stereocenters. The first-order valence-corrected chi connectivity index (χ1v) is 12.1. The van der Waals surface area contributed by atoms with Crippen molar-refractivity contribution in [3.05, 3.63) is 47.7 Å². The van der Waals surface area contributed by atoms with Crippen LogP contribution in [0, 0.1) is 0 Å². The fourth-order valence-corrected chi connectivity index (χ4v) is 5.14. The molecule has 1 aliphatic rings. The molecule has 0 spiro atoms. The Morgan fingerprint density at radius 3 is 2.50 bits per heavy atom. The van der Waals surface area contributed by atoms with Gasteiger partial charge in [0.15, 0.2) is 17.2 Å². The van der Waals surface area contributed by atoms with Crippen molar-refractivity contribution < 1.29 is 17.7 Å². The molecule has 1 atom stereocenters. The number of nitrogens with zero attached hydrogens (tertiary/aromatic N) is 5. The molecule has 2 N–H and O–H groups in total. The molecule has 11 heteroatoms. The molecule has 0 bridgehead atoms. The molecular weight excluding hydrogens is 465 g/mol. The molecule has 1 fully saturated rings. The van der Waals surface area contributed by atoms with Crippen molar-refractivity contribution in [3.8, 4) is 22.9 Å². The number of pyridine rings is 1. The van der Waals surface area contributed by atoms with Crippen LogP contribution >= 0.6 is 0 Å². The quantitative estimate of drug-likeness (QED) is 0.426. The van der Waals surface area contributed by atoms with Crippen molar-refractivity contribution >= 4 is 22.3 Å². The molecule has 1 saturated carbocycles. The lowest BCUT2D eigenvalue weighted by atomic mass is 10.0. The van der Waals surface area contributed by atoms with Gasteiger partial charge < -0.3 is 14.9 Å². The van der Waals surface area contributed by atoms with Crippen LogP contribution in [0.2, 0.25) is 0 Å². The number of hydrogen-bond donors (Lipinski definition) is 1. The number of alkyl halides is 3. The number of benzene rings is 1. The molecule has 5 rings (SSSR count). The Labute approximate surface area is 197 Å². The Bertz CT molecular complexity index is 1410. The molecule has 0 amide bonds. The van der Waals surface area contributed by atoms with Gasteiger partial charge in [-0.2, -0.15) is 13.2 Å². The van der Waals surface area contributed by atoms with E-state index in [-0.39, 0.29) is 16.7 Å². The molecule has 1 aliphatic carbocycles. The number of rotatable bonds is 5. The fourth-order valence-electron chi connectivity index (χ4n) is 4.12. The van der Waals surface area contributed by atoms with Gasteiger partial charge in [-0.25, -0.2) is 15.0 Å². The third kappa shape index (κ3) is 3.68. The van der Waals surface area contributed by atoms with Crippen molar-refractivity contribution in [3.63, 3.8) is 0 Å². The lowest BCUT2D eigenvalue weighted by molar-refractivity contribution is -0.137. The van der Waals surface area contributed by atoms with Gasteiger partial charge in [0, 0.05) is 42.6 Å². The summed E-state index contributed by atoms with van der Waals surface area (Å²) in [6, 6.07) is 8.77. The average molecular weight is 489 g/mol. The van der Waals surface area contributed by atoms with E-state index in [1.807, 2.05) is 24.3 Å². The molecule has 7 nitrogen and oxygen atoms in total. The topological polar surface area (TPSA) is 97.6 Å². The minimum Gasteiger partial charge on any atom is -0.610 e. The highest BCUT2D eigenvalue weighted by Gasteiger charge is 2.40. The van der Waals surface area contributed by atoms with Crippen molar-refractivity contribution in [2.75, 3.05) is 5.75 Å². The second-order valence-corrected chi connectivity index (χ2v) is 10.2. The SMILES string of the molecule is CC[S+]([O-])c1c(-c2nc3cc(C(F)(F)F)cnc3n2C)nc(-c2cccc(C3(N)CC3)c2)n1C. The third-order valence-corrected chi connectivity index (χ3v) is 7.68. The standard InChI is InChI=1S/C23H23F3N6OS/c1-4-34(33)21-17(20-29-16-11-15(23(24,25)26)12-28-19(16)31(20)2)30-18(32(21)3)13-6-5-7-14(10-13)22(27)8-9-22/h5-7,10-12H,4,8-9,27H2,1-3H3. The second-order valence-electron chi connectivity index (χ2n) is 8.58. The van der Waals surface area contributed by atoms with Gasteiger partial charge in [0.05, 0.1) is 5.56 Å². The van der Waals surface area contributed by atoms with Crippen molar-refractivity contribution in [1.82, 2.24) is 24.1 Å². The number of aryl methyl sites for hydroxylation is 1. The summed E-state index contributed by atoms with van der Waals surface area (Å²) in [5.74, 6) is 1.22. The summed E-state index contributed by atoms with van der Waals surface area (Å²) in [6.07, 6.45) is -1.91. The number of imidazole rings is 2. The van der Waals surface area contributed by atoms with Gasteiger partial charge in [0.25, 0.3) is 5.03 Å². The summed E-state index contributed by atoms with van der Waals surface area (Å²) in [5, 5.41) is 0.450. The summed E-state index contributed by atoms with van der Waals surface area (Å²) in [7, 11) is 3.43. The molecule has 178 valence electrons. The summed E-state index contributed by atoms with van der Waals surface area (Å²) in [4.78, 5) is 13.2. The highest BCUT2D eigenvalue weighted by Crippen LogP contribution is 2.44. The highest BCUT2D eigenvalue weighted by atomic mass is 32.2. The summed E-state index contributed by atoms with van der Waals surface area (Å²) in [5.41, 5.74) is 7.73. The van der Waals surface area contributed by atoms with Gasteiger partial charge in [0.1, 0.15) is 17.1 Å². The van der Waals surface area contributed by atoms with Crippen LogP contribution < -0.4 is 5.73 Å². The minimum absolute atomic E-state index is 0.0913. The van der Waals surface area contributed by atoms with Gasteiger partial charge in [-0.05, 0) is 37.5 Å². The molecule has 34 heavy (non-hydrogen) atoms. The monoisotopic (exact) mass is 488 g/mol. The van der Waals surface area contributed by atoms with E-state index in [1.165, 1.54) is 0 Å². The van der Waals surface area contributed by atoms with Crippen LogP contribution in [-0.2, 0) is 37.0 Å². The lowest BCUT2D eigenvalue weighted by Crippen LogP contribution is -2.18. The molecule has 0 radical (unpaired) electrons. The number of halogens is 3. The van der Waals surface area contributed by atoms with E-state index in [4.69, 9.17) is 10.7 Å². The zero-order valence-corrected chi connectivity index (χ0v) is 19.7. The van der Waals surface area contributed by atoms with E-state index in [9.17, 15) is 17.7 Å². The van der Waals surface area contributed by atoms with Crippen LogP contribution in [-0.4, -0.2) is 34.4 Å². The Balaban J connectivity index is 1.69. The van der Waals surface area contributed by atoms with E-state index < -0.39 is 22.9 Å². The molecule has 4 aromatic rings.